The molecule has 0 aromatic heterocycles. The Morgan fingerprint density at radius 1 is 1.20 bits per heavy atom. The largest absolute Gasteiger partial charge is 0.373 e. The molecule has 2 aromatic carbocycles. The zero-order chi connectivity index (χ0) is 25.6. The number of para-hydroxylation sites is 1. The number of hydrogen-bond acceptors (Lipinski definition) is 5. The Morgan fingerprint density at radius 2 is 1.89 bits per heavy atom. The minimum absolute atomic E-state index is 0.101. The van der Waals surface area contributed by atoms with Crippen LogP contribution < -0.4 is 16.4 Å². The fourth-order valence-electron chi connectivity index (χ4n) is 3.49. The van der Waals surface area contributed by atoms with E-state index >= 15 is 0 Å². The van der Waals surface area contributed by atoms with Gasteiger partial charge in [0.2, 0.25) is 0 Å². The van der Waals surface area contributed by atoms with E-state index in [1.165, 1.54) is 42.1 Å². The van der Waals surface area contributed by atoms with Crippen LogP contribution in [0.1, 0.15) is 35.7 Å². The molecule has 0 bridgehead atoms. The van der Waals surface area contributed by atoms with Crippen LogP contribution in [0.2, 0.25) is 0 Å². The van der Waals surface area contributed by atoms with Gasteiger partial charge in [0.05, 0.1) is 5.56 Å². The standard InChI is InChI=1S/C25H25ClFN3O3S2/c1-2-3-14-35-25(33)13-12-16(15-24(25,26)22(34)30-23(28)32)17-8-5-7-11-20(17)29-21(31)18-9-4-6-10-19(18)27/h4-13,15,33H,2-3,14H2,1H3,(H,29,31)(H3,28,30,32,34). The lowest BCUT2D eigenvalue weighted by Gasteiger charge is -2.41. The topological polar surface area (TPSA) is 104 Å². The summed E-state index contributed by atoms with van der Waals surface area (Å²) in [6, 6.07) is 11.6. The summed E-state index contributed by atoms with van der Waals surface area (Å²) in [6.45, 7) is 2.03. The van der Waals surface area contributed by atoms with E-state index in [0.29, 0.717) is 22.6 Å². The molecule has 10 heteroatoms. The molecule has 0 radical (unpaired) electrons. The van der Waals surface area contributed by atoms with Gasteiger partial charge < -0.3 is 21.5 Å². The van der Waals surface area contributed by atoms with Crippen LogP contribution in [0.25, 0.3) is 5.57 Å². The molecule has 0 aliphatic heterocycles. The lowest BCUT2D eigenvalue weighted by molar-refractivity contribution is 0.102. The number of hydrogen-bond donors (Lipinski definition) is 4. The number of halogens is 2. The molecule has 0 heterocycles. The zero-order valence-electron chi connectivity index (χ0n) is 18.9. The fourth-order valence-corrected chi connectivity index (χ4v) is 5.54. The van der Waals surface area contributed by atoms with E-state index in [4.69, 9.17) is 29.6 Å². The lowest BCUT2D eigenvalue weighted by Crippen LogP contribution is -2.57. The number of unbranched alkanes of at least 4 members (excludes halogenated alkanes) is 1. The molecule has 0 fully saturated rings. The molecule has 184 valence electrons. The lowest BCUT2D eigenvalue weighted by atomic mass is 9.88. The van der Waals surface area contributed by atoms with Crippen molar-refractivity contribution in [2.24, 2.45) is 5.73 Å². The second-order valence-electron chi connectivity index (χ2n) is 7.84. The normalized spacial score (nSPS) is 21.2. The van der Waals surface area contributed by atoms with Crippen molar-refractivity contribution in [3.8, 4) is 0 Å². The average Bonchev–Trinajstić information content (AvgIpc) is 2.81. The monoisotopic (exact) mass is 533 g/mol. The van der Waals surface area contributed by atoms with Crippen LogP contribution in [0.5, 0.6) is 0 Å². The van der Waals surface area contributed by atoms with E-state index in [-0.39, 0.29) is 10.6 Å². The summed E-state index contributed by atoms with van der Waals surface area (Å²) in [4.78, 5) is 20.7. The van der Waals surface area contributed by atoms with Crippen molar-refractivity contribution in [2.75, 3.05) is 11.1 Å². The van der Waals surface area contributed by atoms with Crippen LogP contribution in [0.15, 0.2) is 66.8 Å². The SMILES string of the molecule is CCCCSC1(O)C=CC(c2ccccc2NC(=O)c2ccccc2F)=CC1(Cl)C(=S)NC(N)=O. The van der Waals surface area contributed by atoms with Gasteiger partial charge in [-0.05, 0) is 48.1 Å². The molecule has 1 aliphatic rings. The van der Waals surface area contributed by atoms with Gasteiger partial charge in [0, 0.05) is 11.3 Å². The number of aliphatic hydroxyl groups is 1. The van der Waals surface area contributed by atoms with Crippen molar-refractivity contribution in [3.05, 3.63) is 83.7 Å². The Hall–Kier alpha value is -2.72. The Morgan fingerprint density at radius 3 is 2.57 bits per heavy atom. The third-order valence-corrected chi connectivity index (χ3v) is 7.98. The van der Waals surface area contributed by atoms with Crippen molar-refractivity contribution >= 4 is 63.8 Å². The van der Waals surface area contributed by atoms with Gasteiger partial charge in [-0.25, -0.2) is 9.18 Å². The van der Waals surface area contributed by atoms with Gasteiger partial charge in [0.25, 0.3) is 5.91 Å². The van der Waals surface area contributed by atoms with Crippen LogP contribution in [-0.2, 0) is 0 Å². The third kappa shape index (κ3) is 5.92. The first-order valence-corrected chi connectivity index (χ1v) is 12.6. The second kappa shape index (κ2) is 11.3. The Labute approximate surface area is 217 Å². The molecule has 6 nitrogen and oxygen atoms in total. The molecule has 5 N–H and O–H groups in total. The number of allylic oxidation sites excluding steroid dienone is 2. The number of carbonyl (C=O) groups excluding carboxylic acids is 2. The highest BCUT2D eigenvalue weighted by Crippen LogP contribution is 2.47. The third-order valence-electron chi connectivity index (χ3n) is 5.36. The molecule has 0 saturated carbocycles. The zero-order valence-corrected chi connectivity index (χ0v) is 21.3. The quantitative estimate of drug-likeness (QED) is 0.161. The maximum atomic E-state index is 14.1. The fraction of sp³-hybridized carbons (Fsp3) is 0.240. The number of benzene rings is 2. The van der Waals surface area contributed by atoms with E-state index in [1.54, 1.807) is 36.4 Å². The molecular weight excluding hydrogens is 509 g/mol. The minimum atomic E-state index is -1.72. The Kier molecular flexibility index (Phi) is 8.71. The number of rotatable bonds is 8. The summed E-state index contributed by atoms with van der Waals surface area (Å²) in [5, 5.41) is 16.5. The summed E-state index contributed by atoms with van der Waals surface area (Å²) < 4.78 is 14.1. The minimum Gasteiger partial charge on any atom is -0.373 e. The summed E-state index contributed by atoms with van der Waals surface area (Å²) in [5.74, 6) is -0.662. The number of alkyl halides is 1. The number of urea groups is 1. The number of amides is 3. The number of anilines is 1. The van der Waals surface area contributed by atoms with Crippen LogP contribution in [0, 0.1) is 5.82 Å². The molecule has 3 rings (SSSR count). The molecule has 2 atom stereocenters. The highest BCUT2D eigenvalue weighted by atomic mass is 35.5. The smallest absolute Gasteiger partial charge is 0.317 e. The maximum absolute atomic E-state index is 14.1. The Bertz CT molecular complexity index is 1210. The summed E-state index contributed by atoms with van der Waals surface area (Å²) >= 11 is 13.5. The number of nitrogens with one attached hydrogen (secondary N) is 2. The van der Waals surface area contributed by atoms with Crippen LogP contribution in [-0.4, -0.2) is 37.6 Å². The Balaban J connectivity index is 2.01. The summed E-state index contributed by atoms with van der Waals surface area (Å²) in [7, 11) is 0. The molecule has 0 saturated heterocycles. The van der Waals surface area contributed by atoms with Gasteiger partial charge in [0.15, 0.2) is 9.81 Å². The summed E-state index contributed by atoms with van der Waals surface area (Å²) in [5.41, 5.74) is 6.64. The molecule has 35 heavy (non-hydrogen) atoms. The molecule has 2 aromatic rings. The number of carbonyl (C=O) groups is 2. The van der Waals surface area contributed by atoms with E-state index in [0.717, 1.165) is 12.8 Å². The van der Waals surface area contributed by atoms with Crippen LogP contribution in [0.4, 0.5) is 14.9 Å². The first-order valence-electron chi connectivity index (χ1n) is 10.8. The summed E-state index contributed by atoms with van der Waals surface area (Å²) in [6.07, 6.45) is 6.47. The van der Waals surface area contributed by atoms with Crippen LogP contribution >= 0.6 is 35.6 Å². The van der Waals surface area contributed by atoms with E-state index in [2.05, 4.69) is 10.6 Å². The molecule has 3 amide bonds. The van der Waals surface area contributed by atoms with E-state index < -0.39 is 27.6 Å². The van der Waals surface area contributed by atoms with Gasteiger partial charge >= 0.3 is 6.03 Å². The number of thioether (sulfide) groups is 1. The van der Waals surface area contributed by atoms with Crippen molar-refractivity contribution in [1.82, 2.24) is 5.32 Å². The van der Waals surface area contributed by atoms with E-state index in [9.17, 15) is 19.1 Å². The highest BCUT2D eigenvalue weighted by Gasteiger charge is 2.52. The van der Waals surface area contributed by atoms with E-state index in [1.807, 2.05) is 6.92 Å². The number of nitrogens with two attached hydrogens (primary N) is 1. The van der Waals surface area contributed by atoms with Crippen molar-refractivity contribution in [3.63, 3.8) is 0 Å². The van der Waals surface area contributed by atoms with Gasteiger partial charge in [-0.15, -0.1) is 23.4 Å². The molecule has 1 aliphatic carbocycles. The average molecular weight is 534 g/mol. The highest BCUT2D eigenvalue weighted by molar-refractivity contribution is 8.00. The molecule has 2 unspecified atom stereocenters. The maximum Gasteiger partial charge on any atom is 0.317 e. The number of thiocarbonyl (C=S) groups is 1. The predicted molar refractivity (Wildman–Crippen MR) is 144 cm³/mol. The van der Waals surface area contributed by atoms with Crippen molar-refractivity contribution in [2.45, 2.75) is 29.6 Å². The second-order valence-corrected chi connectivity index (χ2v) is 10.2. The molecular formula is C25H25ClFN3O3S2. The number of primary amides is 1. The first-order chi connectivity index (χ1) is 16.6. The van der Waals surface area contributed by atoms with Crippen molar-refractivity contribution < 1.29 is 19.1 Å². The van der Waals surface area contributed by atoms with Gasteiger partial charge in [-0.2, -0.15) is 0 Å². The van der Waals surface area contributed by atoms with Gasteiger partial charge in [-0.1, -0.05) is 62.0 Å². The first kappa shape index (κ1) is 26.9. The van der Waals surface area contributed by atoms with Gasteiger partial charge in [0.1, 0.15) is 10.8 Å². The molecule has 0 spiro atoms. The van der Waals surface area contributed by atoms with Gasteiger partial charge in [-0.3, -0.25) is 4.79 Å². The van der Waals surface area contributed by atoms with Crippen LogP contribution in [0.3, 0.4) is 0 Å². The predicted octanol–water partition coefficient (Wildman–Crippen LogP) is 5.23. The van der Waals surface area contributed by atoms with Crippen molar-refractivity contribution in [1.29, 1.82) is 0 Å².